The van der Waals surface area contributed by atoms with Gasteiger partial charge < -0.3 is 9.80 Å². The van der Waals surface area contributed by atoms with Crippen LogP contribution in [0.4, 0.5) is 0 Å². The highest BCUT2D eigenvalue weighted by Gasteiger charge is 2.42. The smallest absolute Gasteiger partial charge is 0.272 e. The SMILES string of the molecule is CCN1C[C@@]2(CCCN(C(=O)c3c(C)nc4sccn34)C2)CCC1=O. The number of nitrogens with zero attached hydrogens (tertiary/aromatic N) is 4. The second-order valence-electron chi connectivity index (χ2n) is 7.34. The first kappa shape index (κ1) is 16.6. The Kier molecular flexibility index (Phi) is 4.06. The van der Waals surface area contributed by atoms with Gasteiger partial charge in [-0.1, -0.05) is 0 Å². The van der Waals surface area contributed by atoms with Crippen LogP contribution in [0.5, 0.6) is 0 Å². The number of hydrogen-bond donors (Lipinski definition) is 0. The minimum Gasteiger partial charge on any atom is -0.342 e. The number of fused-ring (bicyclic) bond motifs is 1. The zero-order valence-electron chi connectivity index (χ0n) is 14.8. The number of piperidine rings is 2. The third-order valence-electron chi connectivity index (χ3n) is 5.72. The fourth-order valence-electron chi connectivity index (χ4n) is 4.41. The molecular formula is C18H24N4O2S. The van der Waals surface area contributed by atoms with E-state index < -0.39 is 0 Å². The Morgan fingerprint density at radius 3 is 3.00 bits per heavy atom. The minimum atomic E-state index is 0.0597. The second-order valence-corrected chi connectivity index (χ2v) is 8.21. The van der Waals surface area contributed by atoms with Crippen molar-refractivity contribution in [3.63, 3.8) is 0 Å². The van der Waals surface area contributed by atoms with Crippen LogP contribution >= 0.6 is 11.3 Å². The average molecular weight is 360 g/mol. The first-order valence-electron chi connectivity index (χ1n) is 9.02. The largest absolute Gasteiger partial charge is 0.342 e. The monoisotopic (exact) mass is 360 g/mol. The first-order valence-corrected chi connectivity index (χ1v) is 9.90. The van der Waals surface area contributed by atoms with E-state index in [1.54, 1.807) is 11.3 Å². The van der Waals surface area contributed by atoms with Gasteiger partial charge in [0, 0.05) is 49.6 Å². The Hall–Kier alpha value is -1.89. The Balaban J connectivity index is 1.59. The standard InChI is InChI=1S/C18H24N4O2S/c1-3-20-11-18(7-5-14(20)23)6-4-8-21(12-18)16(24)15-13(2)19-17-22(15)9-10-25-17/h9-10H,3-8,11-12H2,1-2H3/t18-/m1/s1. The van der Waals surface area contributed by atoms with Crippen molar-refractivity contribution in [2.75, 3.05) is 26.2 Å². The van der Waals surface area contributed by atoms with Gasteiger partial charge in [0.2, 0.25) is 5.91 Å². The van der Waals surface area contributed by atoms with Crippen molar-refractivity contribution in [2.24, 2.45) is 5.41 Å². The number of carbonyl (C=O) groups excluding carboxylic acids is 2. The van der Waals surface area contributed by atoms with Crippen molar-refractivity contribution in [3.05, 3.63) is 23.0 Å². The van der Waals surface area contributed by atoms with E-state index in [0.29, 0.717) is 12.1 Å². The number of thiazole rings is 1. The predicted octanol–water partition coefficient (Wildman–Crippen LogP) is 2.57. The number of amides is 2. The maximum Gasteiger partial charge on any atom is 0.272 e. The van der Waals surface area contributed by atoms with Crippen LogP contribution in [0.2, 0.25) is 0 Å². The highest BCUT2D eigenvalue weighted by Crippen LogP contribution is 2.39. The summed E-state index contributed by atoms with van der Waals surface area (Å²) in [5.74, 6) is 0.325. The van der Waals surface area contributed by atoms with Gasteiger partial charge in [-0.15, -0.1) is 11.3 Å². The fraction of sp³-hybridized carbons (Fsp3) is 0.611. The molecule has 134 valence electrons. The van der Waals surface area contributed by atoms with E-state index in [2.05, 4.69) is 4.98 Å². The van der Waals surface area contributed by atoms with Crippen LogP contribution < -0.4 is 0 Å². The highest BCUT2D eigenvalue weighted by atomic mass is 32.1. The minimum absolute atomic E-state index is 0.0597. The van der Waals surface area contributed by atoms with E-state index in [-0.39, 0.29) is 17.2 Å². The Bertz CT molecular complexity index is 826. The van der Waals surface area contributed by atoms with Crippen molar-refractivity contribution in [1.82, 2.24) is 19.2 Å². The zero-order valence-corrected chi connectivity index (χ0v) is 15.6. The van der Waals surface area contributed by atoms with Crippen LogP contribution in [0.3, 0.4) is 0 Å². The molecule has 1 atom stereocenters. The zero-order chi connectivity index (χ0) is 17.6. The van der Waals surface area contributed by atoms with Crippen molar-refractivity contribution in [2.45, 2.75) is 39.5 Å². The van der Waals surface area contributed by atoms with E-state index in [0.717, 1.165) is 56.1 Å². The summed E-state index contributed by atoms with van der Waals surface area (Å²) in [6.45, 7) is 7.01. The molecule has 0 N–H and O–H groups in total. The average Bonchev–Trinajstić information content (AvgIpc) is 3.17. The fourth-order valence-corrected chi connectivity index (χ4v) is 5.17. The van der Waals surface area contributed by atoms with Gasteiger partial charge in [0.25, 0.3) is 5.91 Å². The molecule has 4 rings (SSSR count). The third kappa shape index (κ3) is 2.74. The number of carbonyl (C=O) groups is 2. The van der Waals surface area contributed by atoms with E-state index >= 15 is 0 Å². The Morgan fingerprint density at radius 2 is 2.20 bits per heavy atom. The molecule has 2 aliphatic heterocycles. The molecule has 0 radical (unpaired) electrons. The van der Waals surface area contributed by atoms with Crippen molar-refractivity contribution < 1.29 is 9.59 Å². The van der Waals surface area contributed by atoms with E-state index in [1.807, 2.05) is 39.6 Å². The van der Waals surface area contributed by atoms with Gasteiger partial charge in [0.05, 0.1) is 5.69 Å². The molecule has 4 heterocycles. The summed E-state index contributed by atoms with van der Waals surface area (Å²) in [4.78, 5) is 34.6. The van der Waals surface area contributed by atoms with Gasteiger partial charge in [-0.05, 0) is 33.1 Å². The number of imidazole rings is 1. The molecular weight excluding hydrogens is 336 g/mol. The van der Waals surface area contributed by atoms with Gasteiger partial charge in [0.15, 0.2) is 4.96 Å². The molecule has 2 aromatic rings. The molecule has 2 amide bonds. The molecule has 0 bridgehead atoms. The predicted molar refractivity (Wildman–Crippen MR) is 96.9 cm³/mol. The summed E-state index contributed by atoms with van der Waals surface area (Å²) >= 11 is 1.55. The van der Waals surface area contributed by atoms with Crippen molar-refractivity contribution in [1.29, 1.82) is 0 Å². The van der Waals surface area contributed by atoms with Gasteiger partial charge in [-0.2, -0.15) is 0 Å². The van der Waals surface area contributed by atoms with E-state index in [1.165, 1.54) is 0 Å². The van der Waals surface area contributed by atoms with Crippen LogP contribution in [0.15, 0.2) is 11.6 Å². The van der Waals surface area contributed by atoms with E-state index in [4.69, 9.17) is 0 Å². The van der Waals surface area contributed by atoms with Crippen LogP contribution in [0.1, 0.15) is 48.8 Å². The summed E-state index contributed by atoms with van der Waals surface area (Å²) in [5.41, 5.74) is 1.54. The summed E-state index contributed by atoms with van der Waals surface area (Å²) in [6.07, 6.45) is 5.52. The molecule has 7 heteroatoms. The van der Waals surface area contributed by atoms with Crippen molar-refractivity contribution in [3.8, 4) is 0 Å². The maximum absolute atomic E-state index is 13.2. The van der Waals surface area contributed by atoms with Gasteiger partial charge in [-0.3, -0.25) is 14.0 Å². The summed E-state index contributed by atoms with van der Waals surface area (Å²) in [5, 5.41) is 1.96. The Morgan fingerprint density at radius 1 is 1.36 bits per heavy atom. The topological polar surface area (TPSA) is 57.9 Å². The van der Waals surface area contributed by atoms with Gasteiger partial charge in [-0.25, -0.2) is 4.98 Å². The lowest BCUT2D eigenvalue weighted by atomic mass is 9.73. The molecule has 2 saturated heterocycles. The summed E-state index contributed by atoms with van der Waals surface area (Å²) < 4.78 is 1.91. The van der Waals surface area contributed by atoms with E-state index in [9.17, 15) is 9.59 Å². The molecule has 2 fully saturated rings. The number of likely N-dealkylation sites (tertiary alicyclic amines) is 2. The van der Waals surface area contributed by atoms with Crippen LogP contribution in [0.25, 0.3) is 4.96 Å². The molecule has 0 saturated carbocycles. The van der Waals surface area contributed by atoms with Gasteiger partial charge in [0.1, 0.15) is 5.69 Å². The lowest BCUT2D eigenvalue weighted by Gasteiger charge is -2.48. The van der Waals surface area contributed by atoms with Gasteiger partial charge >= 0.3 is 0 Å². The number of aromatic nitrogens is 2. The van der Waals surface area contributed by atoms with Crippen LogP contribution in [0, 0.1) is 12.3 Å². The third-order valence-corrected chi connectivity index (χ3v) is 6.47. The molecule has 6 nitrogen and oxygen atoms in total. The lowest BCUT2D eigenvalue weighted by Crippen LogP contribution is -2.55. The van der Waals surface area contributed by atoms with Crippen molar-refractivity contribution >= 4 is 28.1 Å². The molecule has 0 aromatic carbocycles. The lowest BCUT2D eigenvalue weighted by molar-refractivity contribution is -0.138. The normalized spacial score (nSPS) is 24.5. The first-order chi connectivity index (χ1) is 12.0. The quantitative estimate of drug-likeness (QED) is 0.827. The summed E-state index contributed by atoms with van der Waals surface area (Å²) in [7, 11) is 0. The molecule has 25 heavy (non-hydrogen) atoms. The molecule has 0 aliphatic carbocycles. The molecule has 2 aliphatic rings. The number of rotatable bonds is 2. The molecule has 0 unspecified atom stereocenters. The number of hydrogen-bond acceptors (Lipinski definition) is 4. The van der Waals surface area contributed by atoms with Crippen LogP contribution in [-0.2, 0) is 4.79 Å². The highest BCUT2D eigenvalue weighted by molar-refractivity contribution is 7.15. The molecule has 1 spiro atoms. The molecule has 2 aromatic heterocycles. The second kappa shape index (κ2) is 6.12. The summed E-state index contributed by atoms with van der Waals surface area (Å²) in [6, 6.07) is 0. The number of aryl methyl sites for hydroxylation is 1. The maximum atomic E-state index is 13.2. The van der Waals surface area contributed by atoms with Crippen LogP contribution in [-0.4, -0.2) is 57.2 Å². The Labute approximate surface area is 151 Å².